The summed E-state index contributed by atoms with van der Waals surface area (Å²) in [5.41, 5.74) is 0.0953. The lowest BCUT2D eigenvalue weighted by molar-refractivity contribution is -0.134. The maximum Gasteiger partial charge on any atom is 0.263 e. The van der Waals surface area contributed by atoms with Crippen LogP contribution in [0.15, 0.2) is 48.5 Å². The SMILES string of the molecule is COc1ccc([C@H](CNC(=O)C(C)(C)Oc2ccc(Cl)cc2)N2CCOCC2)cc1. The topological polar surface area (TPSA) is 60.0 Å². The molecule has 1 aliphatic heterocycles. The molecule has 0 saturated carbocycles. The summed E-state index contributed by atoms with van der Waals surface area (Å²) < 4.78 is 16.7. The van der Waals surface area contributed by atoms with Gasteiger partial charge in [-0.05, 0) is 55.8 Å². The number of carbonyl (C=O) groups excluding carboxylic acids is 1. The summed E-state index contributed by atoms with van der Waals surface area (Å²) in [6.45, 7) is 6.99. The van der Waals surface area contributed by atoms with Gasteiger partial charge in [0.15, 0.2) is 5.60 Å². The number of carbonyl (C=O) groups is 1. The summed E-state index contributed by atoms with van der Waals surface area (Å²) in [7, 11) is 1.65. The number of morpholine rings is 1. The Bertz CT molecular complexity index is 818. The molecule has 0 unspecified atom stereocenters. The van der Waals surface area contributed by atoms with Crippen LogP contribution in [0, 0.1) is 0 Å². The molecule has 1 heterocycles. The van der Waals surface area contributed by atoms with Gasteiger partial charge in [0.25, 0.3) is 5.91 Å². The van der Waals surface area contributed by atoms with E-state index >= 15 is 0 Å². The summed E-state index contributed by atoms with van der Waals surface area (Å²) in [4.78, 5) is 15.3. The summed E-state index contributed by atoms with van der Waals surface area (Å²) in [5, 5.41) is 3.70. The van der Waals surface area contributed by atoms with Crippen molar-refractivity contribution in [1.82, 2.24) is 10.2 Å². The number of amides is 1. The Balaban J connectivity index is 1.68. The van der Waals surface area contributed by atoms with Crippen LogP contribution in [0.4, 0.5) is 0 Å². The largest absolute Gasteiger partial charge is 0.497 e. The minimum atomic E-state index is -1.02. The highest BCUT2D eigenvalue weighted by Crippen LogP contribution is 2.25. The zero-order valence-corrected chi connectivity index (χ0v) is 18.4. The van der Waals surface area contributed by atoms with Gasteiger partial charge in [-0.25, -0.2) is 0 Å². The first-order chi connectivity index (χ1) is 14.4. The van der Waals surface area contributed by atoms with Crippen molar-refractivity contribution in [3.8, 4) is 11.5 Å². The summed E-state index contributed by atoms with van der Waals surface area (Å²) in [6.07, 6.45) is 0. The number of rotatable bonds is 8. The number of halogens is 1. The van der Waals surface area contributed by atoms with Crippen LogP contribution in [0.2, 0.25) is 5.02 Å². The van der Waals surface area contributed by atoms with Gasteiger partial charge >= 0.3 is 0 Å². The van der Waals surface area contributed by atoms with Crippen molar-refractivity contribution in [2.75, 3.05) is 40.0 Å². The molecule has 162 valence electrons. The van der Waals surface area contributed by atoms with E-state index < -0.39 is 5.60 Å². The van der Waals surface area contributed by atoms with E-state index in [-0.39, 0.29) is 11.9 Å². The van der Waals surface area contributed by atoms with Crippen LogP contribution in [0.1, 0.15) is 25.5 Å². The molecule has 1 N–H and O–H groups in total. The second kappa shape index (κ2) is 10.2. The molecule has 6 nitrogen and oxygen atoms in total. The zero-order chi connectivity index (χ0) is 21.6. The van der Waals surface area contributed by atoms with Gasteiger partial charge in [-0.2, -0.15) is 0 Å². The molecule has 0 spiro atoms. The quantitative estimate of drug-likeness (QED) is 0.689. The van der Waals surface area contributed by atoms with Gasteiger partial charge in [0, 0.05) is 24.7 Å². The van der Waals surface area contributed by atoms with Crippen LogP contribution in [0.5, 0.6) is 11.5 Å². The van der Waals surface area contributed by atoms with Crippen molar-refractivity contribution >= 4 is 17.5 Å². The summed E-state index contributed by atoms with van der Waals surface area (Å²) in [6, 6.07) is 15.0. The van der Waals surface area contributed by atoms with E-state index in [1.807, 2.05) is 24.3 Å². The molecule has 7 heteroatoms. The van der Waals surface area contributed by atoms with Crippen LogP contribution >= 0.6 is 11.6 Å². The van der Waals surface area contributed by atoms with Crippen LogP contribution < -0.4 is 14.8 Å². The molecule has 0 aliphatic carbocycles. The van der Waals surface area contributed by atoms with Crippen molar-refractivity contribution in [2.45, 2.75) is 25.5 Å². The summed E-state index contributed by atoms with van der Waals surface area (Å²) >= 11 is 5.92. The second-order valence-electron chi connectivity index (χ2n) is 7.71. The third-order valence-electron chi connectivity index (χ3n) is 5.18. The summed E-state index contributed by atoms with van der Waals surface area (Å²) in [5.74, 6) is 1.23. The molecule has 1 amide bonds. The molecule has 1 atom stereocenters. The van der Waals surface area contributed by atoms with Crippen LogP contribution in [0.25, 0.3) is 0 Å². The number of hydrogen-bond acceptors (Lipinski definition) is 5. The highest BCUT2D eigenvalue weighted by Gasteiger charge is 2.31. The molecule has 0 aromatic heterocycles. The van der Waals surface area contributed by atoms with Crippen molar-refractivity contribution < 1.29 is 19.0 Å². The van der Waals surface area contributed by atoms with Crippen molar-refractivity contribution in [1.29, 1.82) is 0 Å². The maximum absolute atomic E-state index is 12.9. The minimum absolute atomic E-state index is 0.0371. The minimum Gasteiger partial charge on any atom is -0.497 e. The van der Waals surface area contributed by atoms with Crippen LogP contribution in [-0.4, -0.2) is 56.4 Å². The number of hydrogen-bond donors (Lipinski definition) is 1. The van der Waals surface area contributed by atoms with E-state index in [1.54, 1.807) is 45.2 Å². The molecule has 0 radical (unpaired) electrons. The van der Waals surface area contributed by atoms with E-state index in [4.69, 9.17) is 25.8 Å². The number of nitrogens with one attached hydrogen (secondary N) is 1. The fourth-order valence-corrected chi connectivity index (χ4v) is 3.54. The molecular formula is C23H29ClN2O4. The molecule has 1 saturated heterocycles. The third-order valence-corrected chi connectivity index (χ3v) is 5.43. The smallest absolute Gasteiger partial charge is 0.263 e. The average molecular weight is 433 g/mol. The maximum atomic E-state index is 12.9. The van der Waals surface area contributed by atoms with Gasteiger partial charge in [-0.1, -0.05) is 23.7 Å². The van der Waals surface area contributed by atoms with Gasteiger partial charge in [-0.3, -0.25) is 9.69 Å². The molecule has 1 aliphatic rings. The van der Waals surface area contributed by atoms with Gasteiger partial charge in [0.05, 0.1) is 26.4 Å². The second-order valence-corrected chi connectivity index (χ2v) is 8.15. The van der Waals surface area contributed by atoms with Crippen molar-refractivity contribution in [3.05, 3.63) is 59.1 Å². The van der Waals surface area contributed by atoms with E-state index in [0.29, 0.717) is 30.5 Å². The van der Waals surface area contributed by atoms with Gasteiger partial charge in [0.2, 0.25) is 0 Å². The Hall–Kier alpha value is -2.28. The lowest BCUT2D eigenvalue weighted by atomic mass is 10.0. The first-order valence-electron chi connectivity index (χ1n) is 10.1. The Morgan fingerprint density at radius 2 is 1.70 bits per heavy atom. The van der Waals surface area contributed by atoms with Gasteiger partial charge in [0.1, 0.15) is 11.5 Å². The lowest BCUT2D eigenvalue weighted by Gasteiger charge is -2.35. The molecule has 3 rings (SSSR count). The zero-order valence-electron chi connectivity index (χ0n) is 17.7. The fourth-order valence-electron chi connectivity index (χ4n) is 3.42. The van der Waals surface area contributed by atoms with Gasteiger partial charge in [-0.15, -0.1) is 0 Å². The van der Waals surface area contributed by atoms with E-state index in [9.17, 15) is 4.79 Å². The van der Waals surface area contributed by atoms with Crippen LogP contribution in [-0.2, 0) is 9.53 Å². The normalized spacial score (nSPS) is 16.0. The van der Waals surface area contributed by atoms with E-state index in [1.165, 1.54) is 0 Å². The number of methoxy groups -OCH3 is 1. The Morgan fingerprint density at radius 3 is 2.30 bits per heavy atom. The van der Waals surface area contributed by atoms with Gasteiger partial charge < -0.3 is 19.5 Å². The molecule has 0 bridgehead atoms. The van der Waals surface area contributed by atoms with Crippen molar-refractivity contribution in [2.24, 2.45) is 0 Å². The molecule has 2 aromatic carbocycles. The Morgan fingerprint density at radius 1 is 1.10 bits per heavy atom. The Labute approximate surface area is 183 Å². The predicted molar refractivity (Wildman–Crippen MR) is 117 cm³/mol. The molecule has 2 aromatic rings. The van der Waals surface area contributed by atoms with Crippen molar-refractivity contribution in [3.63, 3.8) is 0 Å². The number of nitrogens with zero attached hydrogens (tertiary/aromatic N) is 1. The number of ether oxygens (including phenoxy) is 3. The number of benzene rings is 2. The third kappa shape index (κ3) is 5.88. The highest BCUT2D eigenvalue weighted by molar-refractivity contribution is 6.30. The van der Waals surface area contributed by atoms with E-state index in [2.05, 4.69) is 10.2 Å². The monoisotopic (exact) mass is 432 g/mol. The standard InChI is InChI=1S/C23H29ClN2O4/c1-23(2,30-20-10-6-18(24)7-11-20)22(27)25-16-21(26-12-14-29-15-13-26)17-4-8-19(28-3)9-5-17/h4-11,21H,12-16H2,1-3H3,(H,25,27)/t21-/m0/s1. The van der Waals surface area contributed by atoms with E-state index in [0.717, 1.165) is 24.4 Å². The first-order valence-corrected chi connectivity index (χ1v) is 10.5. The molecular weight excluding hydrogens is 404 g/mol. The average Bonchev–Trinajstić information content (AvgIpc) is 2.76. The highest BCUT2D eigenvalue weighted by atomic mass is 35.5. The Kier molecular flexibility index (Phi) is 7.58. The predicted octanol–water partition coefficient (Wildman–Crippen LogP) is 3.70. The van der Waals surface area contributed by atoms with Crippen LogP contribution in [0.3, 0.4) is 0 Å². The first kappa shape index (κ1) is 22.4. The molecule has 1 fully saturated rings. The lowest BCUT2D eigenvalue weighted by Crippen LogP contribution is -2.50. The molecule has 30 heavy (non-hydrogen) atoms. The fraction of sp³-hybridized carbons (Fsp3) is 0.435.